The molecule has 0 aromatic heterocycles. The number of allylic oxidation sites excluding steroid dienone is 2. The van der Waals surface area contributed by atoms with Gasteiger partial charge in [0, 0.05) is 0 Å². The summed E-state index contributed by atoms with van der Waals surface area (Å²) in [6.07, 6.45) is 14.2. The van der Waals surface area contributed by atoms with Gasteiger partial charge >= 0.3 is 0 Å². The Morgan fingerprint density at radius 2 is 1.82 bits per heavy atom. The van der Waals surface area contributed by atoms with Crippen molar-refractivity contribution in [3.8, 4) is 0 Å². The maximum atomic E-state index is 2.64. The molecule has 2 rings (SSSR count). The maximum Gasteiger partial charge on any atom is -0.0172 e. The zero-order valence-electron chi connectivity index (χ0n) is 12.0. The molecule has 2 aliphatic rings. The van der Waals surface area contributed by atoms with E-state index in [0.717, 1.165) is 23.7 Å². The molecule has 0 aromatic rings. The summed E-state index contributed by atoms with van der Waals surface area (Å²) in [6, 6.07) is 0. The maximum absolute atomic E-state index is 2.64. The Labute approximate surface area is 108 Å². The molecule has 0 aliphatic heterocycles. The Kier molecular flexibility index (Phi) is 4.70. The molecule has 0 saturated heterocycles. The number of hydrogen-bond donors (Lipinski definition) is 0. The van der Waals surface area contributed by atoms with Crippen molar-refractivity contribution in [1.82, 2.24) is 0 Å². The van der Waals surface area contributed by atoms with E-state index in [1.165, 1.54) is 51.4 Å². The molecule has 2 atom stereocenters. The lowest BCUT2D eigenvalue weighted by molar-refractivity contribution is 0.387. The quantitative estimate of drug-likeness (QED) is 0.544. The van der Waals surface area contributed by atoms with Crippen LogP contribution in [-0.4, -0.2) is 0 Å². The first-order valence-corrected chi connectivity index (χ1v) is 7.88. The van der Waals surface area contributed by atoms with Crippen molar-refractivity contribution in [2.75, 3.05) is 0 Å². The van der Waals surface area contributed by atoms with Gasteiger partial charge in [-0.15, -0.1) is 0 Å². The van der Waals surface area contributed by atoms with E-state index < -0.39 is 0 Å². The Bertz CT molecular complexity index is 255. The van der Waals surface area contributed by atoms with Gasteiger partial charge in [0.15, 0.2) is 0 Å². The molecule has 2 aliphatic carbocycles. The molecule has 98 valence electrons. The SMILES string of the molecule is CC(C)CCC=C(C1CCCCC1)C1CC1C. The number of hydrogen-bond acceptors (Lipinski definition) is 0. The van der Waals surface area contributed by atoms with Gasteiger partial charge in [0.2, 0.25) is 0 Å². The molecule has 0 heteroatoms. The average molecular weight is 234 g/mol. The van der Waals surface area contributed by atoms with Gasteiger partial charge in [-0.25, -0.2) is 0 Å². The van der Waals surface area contributed by atoms with E-state index in [9.17, 15) is 0 Å². The molecule has 2 fully saturated rings. The normalized spacial score (nSPS) is 30.9. The third-order valence-electron chi connectivity index (χ3n) is 4.74. The highest BCUT2D eigenvalue weighted by Crippen LogP contribution is 2.49. The standard InChI is InChI=1S/C17H30/c1-13(2)8-7-11-16(17-12-14(17)3)15-9-5-4-6-10-15/h11,13-15,17H,4-10,12H2,1-3H3. The highest BCUT2D eigenvalue weighted by Gasteiger charge is 2.38. The van der Waals surface area contributed by atoms with Crippen molar-refractivity contribution in [3.63, 3.8) is 0 Å². The van der Waals surface area contributed by atoms with E-state index in [2.05, 4.69) is 26.8 Å². The molecule has 17 heavy (non-hydrogen) atoms. The third kappa shape index (κ3) is 3.86. The van der Waals surface area contributed by atoms with Crippen LogP contribution in [0.3, 0.4) is 0 Å². The predicted octanol–water partition coefficient (Wildman–Crippen LogP) is 5.59. The van der Waals surface area contributed by atoms with Crippen LogP contribution in [0.25, 0.3) is 0 Å². The van der Waals surface area contributed by atoms with Crippen molar-refractivity contribution < 1.29 is 0 Å². The fourth-order valence-corrected chi connectivity index (χ4v) is 3.43. The molecule has 0 bridgehead atoms. The van der Waals surface area contributed by atoms with Gasteiger partial charge in [0.25, 0.3) is 0 Å². The smallest absolute Gasteiger partial charge is 0.0172 e. The summed E-state index contributed by atoms with van der Waals surface area (Å²) < 4.78 is 0. The van der Waals surface area contributed by atoms with Crippen molar-refractivity contribution in [1.29, 1.82) is 0 Å². The average Bonchev–Trinajstić information content (AvgIpc) is 3.02. The van der Waals surface area contributed by atoms with Gasteiger partial charge in [-0.2, -0.15) is 0 Å². The topological polar surface area (TPSA) is 0 Å². The molecule has 2 unspecified atom stereocenters. The Morgan fingerprint density at radius 1 is 1.18 bits per heavy atom. The molecule has 2 saturated carbocycles. The van der Waals surface area contributed by atoms with Crippen LogP contribution in [0.2, 0.25) is 0 Å². The lowest BCUT2D eigenvalue weighted by atomic mass is 9.81. The van der Waals surface area contributed by atoms with E-state index in [1.54, 1.807) is 0 Å². The lowest BCUT2D eigenvalue weighted by Crippen LogP contribution is -2.11. The van der Waals surface area contributed by atoms with Crippen LogP contribution in [0, 0.1) is 23.7 Å². The van der Waals surface area contributed by atoms with Crippen molar-refractivity contribution in [2.24, 2.45) is 23.7 Å². The van der Waals surface area contributed by atoms with Crippen LogP contribution in [0.5, 0.6) is 0 Å². The van der Waals surface area contributed by atoms with Crippen molar-refractivity contribution >= 4 is 0 Å². The van der Waals surface area contributed by atoms with E-state index in [0.29, 0.717) is 0 Å². The molecule has 0 N–H and O–H groups in total. The van der Waals surface area contributed by atoms with Gasteiger partial charge in [-0.05, 0) is 55.8 Å². The summed E-state index contributed by atoms with van der Waals surface area (Å²) in [5, 5.41) is 0. The minimum Gasteiger partial charge on any atom is -0.0848 e. The zero-order valence-corrected chi connectivity index (χ0v) is 12.0. The molecule has 0 amide bonds. The Hall–Kier alpha value is -0.260. The molecule has 0 aromatic carbocycles. The molecule has 0 nitrogen and oxygen atoms in total. The highest BCUT2D eigenvalue weighted by molar-refractivity contribution is 5.18. The molecular formula is C17H30. The molecule has 0 spiro atoms. The second-order valence-corrected chi connectivity index (χ2v) is 6.83. The number of rotatable bonds is 5. The fraction of sp³-hybridized carbons (Fsp3) is 0.882. The summed E-state index contributed by atoms with van der Waals surface area (Å²) in [4.78, 5) is 0. The van der Waals surface area contributed by atoms with Gasteiger partial charge in [-0.3, -0.25) is 0 Å². The minimum atomic E-state index is 0.857. The Balaban J connectivity index is 1.92. The van der Waals surface area contributed by atoms with Crippen LogP contribution in [0.4, 0.5) is 0 Å². The Morgan fingerprint density at radius 3 is 2.35 bits per heavy atom. The van der Waals surface area contributed by atoms with E-state index in [1.807, 2.05) is 5.57 Å². The van der Waals surface area contributed by atoms with Crippen LogP contribution in [-0.2, 0) is 0 Å². The summed E-state index contributed by atoms with van der Waals surface area (Å²) >= 11 is 0. The third-order valence-corrected chi connectivity index (χ3v) is 4.74. The van der Waals surface area contributed by atoms with Crippen molar-refractivity contribution in [3.05, 3.63) is 11.6 Å². The van der Waals surface area contributed by atoms with Gasteiger partial charge in [0.05, 0.1) is 0 Å². The second-order valence-electron chi connectivity index (χ2n) is 6.83. The summed E-state index contributed by atoms with van der Waals surface area (Å²) in [6.45, 7) is 7.12. The van der Waals surface area contributed by atoms with Gasteiger partial charge < -0.3 is 0 Å². The first-order valence-electron chi connectivity index (χ1n) is 7.88. The van der Waals surface area contributed by atoms with E-state index in [-0.39, 0.29) is 0 Å². The van der Waals surface area contributed by atoms with E-state index in [4.69, 9.17) is 0 Å². The highest BCUT2D eigenvalue weighted by atomic mass is 14.4. The zero-order chi connectivity index (χ0) is 12.3. The molecule has 0 radical (unpaired) electrons. The van der Waals surface area contributed by atoms with E-state index >= 15 is 0 Å². The second kappa shape index (κ2) is 6.07. The summed E-state index contributed by atoms with van der Waals surface area (Å²) in [5.74, 6) is 3.79. The van der Waals surface area contributed by atoms with Crippen LogP contribution < -0.4 is 0 Å². The van der Waals surface area contributed by atoms with Crippen LogP contribution in [0.15, 0.2) is 11.6 Å². The van der Waals surface area contributed by atoms with Crippen LogP contribution >= 0.6 is 0 Å². The minimum absolute atomic E-state index is 0.857. The van der Waals surface area contributed by atoms with Crippen LogP contribution in [0.1, 0.15) is 72.1 Å². The predicted molar refractivity (Wildman–Crippen MR) is 76.0 cm³/mol. The molecule has 0 heterocycles. The monoisotopic (exact) mass is 234 g/mol. The molecular weight excluding hydrogens is 204 g/mol. The van der Waals surface area contributed by atoms with Gasteiger partial charge in [0.1, 0.15) is 0 Å². The first kappa shape index (κ1) is 13.2. The largest absolute Gasteiger partial charge is 0.0848 e. The lowest BCUT2D eigenvalue weighted by Gasteiger charge is -2.25. The summed E-state index contributed by atoms with van der Waals surface area (Å²) in [5.41, 5.74) is 1.87. The van der Waals surface area contributed by atoms with Crippen molar-refractivity contribution in [2.45, 2.75) is 72.1 Å². The van der Waals surface area contributed by atoms with Gasteiger partial charge in [-0.1, -0.05) is 51.7 Å². The fourth-order valence-electron chi connectivity index (χ4n) is 3.43. The summed E-state index contributed by atoms with van der Waals surface area (Å²) in [7, 11) is 0. The first-order chi connectivity index (χ1) is 8.18.